The van der Waals surface area contributed by atoms with Gasteiger partial charge in [0.15, 0.2) is 6.17 Å². The van der Waals surface area contributed by atoms with Crippen molar-refractivity contribution < 1.29 is 9.13 Å². The van der Waals surface area contributed by atoms with Crippen molar-refractivity contribution in [2.75, 3.05) is 6.61 Å². The van der Waals surface area contributed by atoms with Gasteiger partial charge in [-0.25, -0.2) is 4.39 Å². The first-order valence-electron chi connectivity index (χ1n) is 3.90. The first kappa shape index (κ1) is 7.55. The SMILES string of the molecule is NC1c2ccccc2OCC1F. The van der Waals surface area contributed by atoms with Crippen LogP contribution in [0, 0.1) is 0 Å². The van der Waals surface area contributed by atoms with Gasteiger partial charge in [0.25, 0.3) is 0 Å². The third-order valence-corrected chi connectivity index (χ3v) is 2.07. The highest BCUT2D eigenvalue weighted by atomic mass is 19.1. The van der Waals surface area contributed by atoms with E-state index in [9.17, 15) is 4.39 Å². The van der Waals surface area contributed by atoms with Crippen molar-refractivity contribution in [3.05, 3.63) is 29.8 Å². The van der Waals surface area contributed by atoms with Crippen molar-refractivity contribution in [1.82, 2.24) is 0 Å². The van der Waals surface area contributed by atoms with Gasteiger partial charge in [-0.05, 0) is 6.07 Å². The van der Waals surface area contributed by atoms with Crippen LogP contribution in [-0.2, 0) is 0 Å². The number of ether oxygens (including phenoxy) is 1. The molecule has 2 rings (SSSR count). The van der Waals surface area contributed by atoms with Gasteiger partial charge in [-0.2, -0.15) is 0 Å². The highest BCUT2D eigenvalue weighted by Gasteiger charge is 2.26. The lowest BCUT2D eigenvalue weighted by Gasteiger charge is -2.25. The second kappa shape index (κ2) is 2.75. The number of hydrogen-bond acceptors (Lipinski definition) is 2. The number of benzene rings is 1. The number of rotatable bonds is 0. The summed E-state index contributed by atoms with van der Waals surface area (Å²) in [6.45, 7) is 0.0676. The largest absolute Gasteiger partial charge is 0.490 e. The van der Waals surface area contributed by atoms with E-state index in [1.54, 1.807) is 12.1 Å². The van der Waals surface area contributed by atoms with Crippen molar-refractivity contribution in [3.63, 3.8) is 0 Å². The summed E-state index contributed by atoms with van der Waals surface area (Å²) in [6.07, 6.45) is -1.08. The van der Waals surface area contributed by atoms with Gasteiger partial charge in [0, 0.05) is 5.56 Å². The molecule has 1 aliphatic heterocycles. The predicted octanol–water partition coefficient (Wildman–Crippen LogP) is 1.42. The summed E-state index contributed by atoms with van der Waals surface area (Å²) >= 11 is 0. The average molecular weight is 167 g/mol. The van der Waals surface area contributed by atoms with E-state index in [4.69, 9.17) is 10.5 Å². The molecule has 64 valence electrons. The number of hydrogen-bond donors (Lipinski definition) is 1. The van der Waals surface area contributed by atoms with E-state index in [-0.39, 0.29) is 6.61 Å². The maximum absolute atomic E-state index is 13.0. The van der Waals surface area contributed by atoms with E-state index >= 15 is 0 Å². The summed E-state index contributed by atoms with van der Waals surface area (Å²) in [5.74, 6) is 0.707. The molecule has 2 nitrogen and oxygen atoms in total. The van der Waals surface area contributed by atoms with Crippen molar-refractivity contribution in [3.8, 4) is 5.75 Å². The summed E-state index contributed by atoms with van der Waals surface area (Å²) in [7, 11) is 0. The quantitative estimate of drug-likeness (QED) is 0.634. The van der Waals surface area contributed by atoms with Crippen LogP contribution in [0.15, 0.2) is 24.3 Å². The fourth-order valence-electron chi connectivity index (χ4n) is 1.36. The van der Waals surface area contributed by atoms with Gasteiger partial charge in [0.2, 0.25) is 0 Å². The van der Waals surface area contributed by atoms with Gasteiger partial charge in [-0.3, -0.25) is 0 Å². The summed E-state index contributed by atoms with van der Waals surface area (Å²) in [4.78, 5) is 0. The molecule has 0 bridgehead atoms. The van der Waals surface area contributed by atoms with Crippen molar-refractivity contribution in [2.24, 2.45) is 5.73 Å². The summed E-state index contributed by atoms with van der Waals surface area (Å²) in [6, 6.07) is 6.76. The number of para-hydroxylation sites is 1. The molecule has 1 heterocycles. The molecule has 2 unspecified atom stereocenters. The zero-order valence-corrected chi connectivity index (χ0v) is 6.53. The minimum atomic E-state index is -1.08. The minimum absolute atomic E-state index is 0.0676. The van der Waals surface area contributed by atoms with E-state index in [0.29, 0.717) is 5.75 Å². The van der Waals surface area contributed by atoms with Crippen molar-refractivity contribution in [2.45, 2.75) is 12.2 Å². The van der Waals surface area contributed by atoms with Crippen molar-refractivity contribution >= 4 is 0 Å². The molecule has 2 N–H and O–H groups in total. The number of halogens is 1. The molecule has 0 aliphatic carbocycles. The Bertz CT molecular complexity index is 290. The lowest BCUT2D eigenvalue weighted by atomic mass is 10.0. The van der Waals surface area contributed by atoms with Crippen molar-refractivity contribution in [1.29, 1.82) is 0 Å². The van der Waals surface area contributed by atoms with Crippen LogP contribution in [0.5, 0.6) is 5.75 Å². The first-order chi connectivity index (χ1) is 5.79. The molecular formula is C9H10FNO. The van der Waals surface area contributed by atoms with Gasteiger partial charge in [-0.1, -0.05) is 18.2 Å². The molecule has 0 radical (unpaired) electrons. The van der Waals surface area contributed by atoms with Crippen LogP contribution in [-0.4, -0.2) is 12.8 Å². The molecule has 0 saturated carbocycles. The van der Waals surface area contributed by atoms with E-state index in [1.807, 2.05) is 12.1 Å². The Kier molecular flexibility index (Phi) is 1.73. The highest BCUT2D eigenvalue weighted by molar-refractivity contribution is 5.37. The maximum atomic E-state index is 13.0. The summed E-state index contributed by atoms with van der Waals surface area (Å²) < 4.78 is 18.2. The van der Waals surface area contributed by atoms with Gasteiger partial charge in [-0.15, -0.1) is 0 Å². The lowest BCUT2D eigenvalue weighted by Crippen LogP contribution is -2.32. The zero-order valence-electron chi connectivity index (χ0n) is 6.53. The molecule has 0 spiro atoms. The second-order valence-electron chi connectivity index (χ2n) is 2.89. The Balaban J connectivity index is 2.42. The molecule has 12 heavy (non-hydrogen) atoms. The van der Waals surface area contributed by atoms with Crippen LogP contribution in [0.1, 0.15) is 11.6 Å². The van der Waals surface area contributed by atoms with Crippen LogP contribution in [0.4, 0.5) is 4.39 Å². The summed E-state index contributed by atoms with van der Waals surface area (Å²) in [5, 5.41) is 0. The van der Waals surface area contributed by atoms with Crippen LogP contribution in [0.3, 0.4) is 0 Å². The standard InChI is InChI=1S/C9H10FNO/c10-7-5-12-8-4-2-1-3-6(8)9(7)11/h1-4,7,9H,5,11H2. The molecule has 1 aromatic rings. The number of fused-ring (bicyclic) bond motifs is 1. The molecule has 0 fully saturated rings. The Morgan fingerprint density at radius 2 is 2.17 bits per heavy atom. The fraction of sp³-hybridized carbons (Fsp3) is 0.333. The topological polar surface area (TPSA) is 35.2 Å². The summed E-state index contributed by atoms with van der Waals surface area (Å²) in [5.41, 5.74) is 6.40. The van der Waals surface area contributed by atoms with Crippen LogP contribution >= 0.6 is 0 Å². The van der Waals surface area contributed by atoms with E-state index in [0.717, 1.165) is 5.56 Å². The Hall–Kier alpha value is -1.09. The average Bonchev–Trinajstić information content (AvgIpc) is 2.12. The second-order valence-corrected chi connectivity index (χ2v) is 2.89. The normalized spacial score (nSPS) is 27.5. The fourth-order valence-corrected chi connectivity index (χ4v) is 1.36. The van der Waals surface area contributed by atoms with E-state index in [2.05, 4.69) is 0 Å². The van der Waals surface area contributed by atoms with Gasteiger partial charge >= 0.3 is 0 Å². The monoisotopic (exact) mass is 167 g/mol. The van der Waals surface area contributed by atoms with Crippen LogP contribution in [0.2, 0.25) is 0 Å². The molecule has 1 aliphatic rings. The number of alkyl halides is 1. The Morgan fingerprint density at radius 1 is 1.42 bits per heavy atom. The molecular weight excluding hydrogens is 157 g/mol. The van der Waals surface area contributed by atoms with Crippen LogP contribution < -0.4 is 10.5 Å². The van der Waals surface area contributed by atoms with E-state index in [1.165, 1.54) is 0 Å². The molecule has 0 aromatic heterocycles. The van der Waals surface area contributed by atoms with Crippen LogP contribution in [0.25, 0.3) is 0 Å². The van der Waals surface area contributed by atoms with E-state index < -0.39 is 12.2 Å². The first-order valence-corrected chi connectivity index (χ1v) is 3.90. The minimum Gasteiger partial charge on any atom is -0.490 e. The van der Waals surface area contributed by atoms with Gasteiger partial charge < -0.3 is 10.5 Å². The van der Waals surface area contributed by atoms with Gasteiger partial charge in [0.05, 0.1) is 6.04 Å². The predicted molar refractivity (Wildman–Crippen MR) is 43.8 cm³/mol. The zero-order chi connectivity index (χ0) is 8.55. The smallest absolute Gasteiger partial charge is 0.153 e. The Morgan fingerprint density at radius 3 is 3.00 bits per heavy atom. The third-order valence-electron chi connectivity index (χ3n) is 2.07. The molecule has 0 amide bonds. The molecule has 2 atom stereocenters. The highest BCUT2D eigenvalue weighted by Crippen LogP contribution is 2.31. The van der Waals surface area contributed by atoms with Gasteiger partial charge in [0.1, 0.15) is 12.4 Å². The molecule has 3 heteroatoms. The number of nitrogens with two attached hydrogens (primary N) is 1. The Labute approximate surface area is 70.1 Å². The molecule has 1 aromatic carbocycles. The maximum Gasteiger partial charge on any atom is 0.153 e. The molecule has 0 saturated heterocycles. The third kappa shape index (κ3) is 1.06. The lowest BCUT2D eigenvalue weighted by molar-refractivity contribution is 0.147.